The Hall–Kier alpha value is -1.55. The number of phosphoric acid groups is 3. The Morgan fingerprint density at radius 1 is 1.00 bits per heavy atom. The number of phosphoric ester groups is 2. The van der Waals surface area contributed by atoms with Crippen molar-refractivity contribution < 1.29 is 61.0 Å². The second-order valence-electron chi connectivity index (χ2n) is 8.29. The molecule has 2 heterocycles. The van der Waals surface area contributed by atoms with Crippen LogP contribution in [0.5, 0.6) is 0 Å². The molecule has 1 saturated heterocycles. The highest BCUT2D eigenvalue weighted by Gasteiger charge is 2.47. The molecule has 0 bridgehead atoms. The first kappa shape index (κ1) is 33.7. The number of aliphatic hydroxyl groups is 2. The first-order valence-corrected chi connectivity index (χ1v) is 15.8. The van der Waals surface area contributed by atoms with Gasteiger partial charge in [-0.1, -0.05) is 36.6 Å². The van der Waals surface area contributed by atoms with Crippen LogP contribution in [0.15, 0.2) is 45.2 Å². The van der Waals surface area contributed by atoms with Crippen molar-refractivity contribution in [1.82, 2.24) is 9.55 Å². The van der Waals surface area contributed by atoms with Gasteiger partial charge in [0.15, 0.2) is 6.23 Å². The van der Waals surface area contributed by atoms with Crippen molar-refractivity contribution in [1.29, 1.82) is 0 Å². The van der Waals surface area contributed by atoms with Crippen molar-refractivity contribution in [2.75, 3.05) is 13.2 Å². The summed E-state index contributed by atoms with van der Waals surface area (Å²) in [6.07, 6.45) is -0.586. The maximum atomic E-state index is 12.1. The van der Waals surface area contributed by atoms with Crippen molar-refractivity contribution >= 4 is 23.5 Å². The van der Waals surface area contributed by atoms with E-state index in [1.165, 1.54) is 6.08 Å². The zero-order chi connectivity index (χ0) is 29.6. The fourth-order valence-electron chi connectivity index (χ4n) is 3.15. The lowest BCUT2D eigenvalue weighted by atomic mass is 10.1. The minimum absolute atomic E-state index is 0.511. The van der Waals surface area contributed by atoms with Gasteiger partial charge in [-0.2, -0.15) is 8.62 Å². The number of aliphatic hydroxyl groups excluding tert-OH is 2. The van der Waals surface area contributed by atoms with Gasteiger partial charge in [0.2, 0.25) is 0 Å². The molecule has 17 nitrogen and oxygen atoms in total. The van der Waals surface area contributed by atoms with E-state index in [2.05, 4.69) is 17.7 Å². The Kier molecular flexibility index (Phi) is 12.0. The van der Waals surface area contributed by atoms with Gasteiger partial charge in [0.1, 0.15) is 18.3 Å². The van der Waals surface area contributed by atoms with Crippen molar-refractivity contribution in [3.63, 3.8) is 0 Å². The topological polar surface area (TPSA) is 253 Å². The zero-order valence-electron chi connectivity index (χ0n) is 21.1. The molecule has 0 spiro atoms. The molecule has 222 valence electrons. The number of allylic oxidation sites excluding steroid dienone is 3. The smallest absolute Gasteiger partial charge is 0.387 e. The van der Waals surface area contributed by atoms with Crippen LogP contribution in [0.2, 0.25) is 0 Å². The van der Waals surface area contributed by atoms with Crippen LogP contribution in [0.3, 0.4) is 0 Å². The van der Waals surface area contributed by atoms with E-state index in [1.54, 1.807) is 6.92 Å². The summed E-state index contributed by atoms with van der Waals surface area (Å²) in [4.78, 5) is 54.2. The van der Waals surface area contributed by atoms with Crippen LogP contribution in [0.1, 0.15) is 39.8 Å². The minimum atomic E-state index is -5.73. The summed E-state index contributed by atoms with van der Waals surface area (Å²) in [5, 5.41) is 20.3. The molecule has 0 aliphatic carbocycles. The van der Waals surface area contributed by atoms with E-state index in [0.717, 1.165) is 35.2 Å². The fraction of sp³-hybridized carbons (Fsp3) is 0.579. The Morgan fingerprint density at radius 3 is 2.18 bits per heavy atom. The molecule has 2 rings (SSSR count). The molecule has 1 aromatic heterocycles. The van der Waals surface area contributed by atoms with Gasteiger partial charge in [-0.3, -0.25) is 23.4 Å². The Morgan fingerprint density at radius 2 is 1.59 bits per heavy atom. The molecule has 0 aromatic carbocycles. The molecule has 39 heavy (non-hydrogen) atoms. The van der Waals surface area contributed by atoms with E-state index in [-0.39, 0.29) is 0 Å². The lowest BCUT2D eigenvalue weighted by Crippen LogP contribution is -2.37. The summed E-state index contributed by atoms with van der Waals surface area (Å²) in [6.45, 7) is 3.97. The van der Waals surface area contributed by atoms with E-state index in [9.17, 15) is 48.2 Å². The Labute approximate surface area is 222 Å². The van der Waals surface area contributed by atoms with Gasteiger partial charge in [0.25, 0.3) is 5.56 Å². The quantitative estimate of drug-likeness (QED) is 0.126. The van der Waals surface area contributed by atoms with Crippen molar-refractivity contribution in [2.45, 2.75) is 58.2 Å². The third kappa shape index (κ3) is 10.4. The summed E-state index contributed by atoms with van der Waals surface area (Å²) >= 11 is 0. The minimum Gasteiger partial charge on any atom is -0.387 e. The first-order valence-electron chi connectivity index (χ1n) is 11.3. The molecule has 1 aliphatic heterocycles. The van der Waals surface area contributed by atoms with E-state index >= 15 is 0 Å². The van der Waals surface area contributed by atoms with E-state index in [0.29, 0.717) is 5.57 Å². The SMILES string of the molecule is CCC/C=C(C)/C(C)=C/COP(=O)(O)OP(=O)(O)OP(=O)(O)OCC1OC(n2ccc(=O)[nH]c2=O)C(O)C1O. The molecule has 6 N–H and O–H groups in total. The Balaban J connectivity index is 1.95. The van der Waals surface area contributed by atoms with Gasteiger partial charge in [-0.25, -0.2) is 18.5 Å². The predicted octanol–water partition coefficient (Wildman–Crippen LogP) is 1.22. The maximum Gasteiger partial charge on any atom is 0.490 e. The molecule has 1 fully saturated rings. The number of hydrogen-bond donors (Lipinski definition) is 6. The third-order valence-corrected chi connectivity index (χ3v) is 9.52. The first-order chi connectivity index (χ1) is 18.0. The summed E-state index contributed by atoms with van der Waals surface area (Å²) in [5.41, 5.74) is -0.143. The number of unbranched alkanes of at least 4 members (excludes halogenated alkanes) is 1. The van der Waals surface area contributed by atoms with Gasteiger partial charge >= 0.3 is 29.2 Å². The monoisotopic (exact) mass is 620 g/mol. The van der Waals surface area contributed by atoms with E-state index in [4.69, 9.17) is 4.74 Å². The molecule has 7 unspecified atom stereocenters. The summed E-state index contributed by atoms with van der Waals surface area (Å²) in [5.74, 6) is 0. The second-order valence-corrected chi connectivity index (χ2v) is 12.9. The van der Waals surface area contributed by atoms with E-state index in [1.807, 2.05) is 24.9 Å². The molecular weight excluding hydrogens is 589 g/mol. The molecule has 0 amide bonds. The highest BCUT2D eigenvalue weighted by atomic mass is 31.3. The van der Waals surface area contributed by atoms with Gasteiger partial charge in [-0.05, 0) is 20.3 Å². The number of nitrogens with one attached hydrogen (secondary N) is 1. The number of aromatic amines is 1. The third-order valence-electron chi connectivity index (χ3n) is 5.27. The molecule has 20 heteroatoms. The van der Waals surface area contributed by atoms with Gasteiger partial charge in [0, 0.05) is 12.3 Å². The number of rotatable bonds is 14. The summed E-state index contributed by atoms with van der Waals surface area (Å²) in [7, 11) is -16.5. The van der Waals surface area contributed by atoms with Gasteiger partial charge in [-0.15, -0.1) is 0 Å². The average molecular weight is 620 g/mol. The molecule has 1 aromatic rings. The second kappa shape index (κ2) is 13.9. The van der Waals surface area contributed by atoms with Crippen molar-refractivity contribution in [3.8, 4) is 0 Å². The molecular formula is C19H31N2O15P3. The standard InChI is InChI=1S/C19H31N2O15P3/c1-4-5-6-12(2)13(3)8-10-32-37(26,27)35-39(30,31)36-38(28,29)33-11-14-16(23)17(24)18(34-14)21-9-7-15(22)20-19(21)25/h6-9,14,16-18,23-24H,4-5,10-11H2,1-3H3,(H,26,27)(H,28,29)(H,30,31)(H,20,22,25)/b12-6+,13-8+. The summed E-state index contributed by atoms with van der Waals surface area (Å²) in [6, 6.07) is 0.939. The predicted molar refractivity (Wildman–Crippen MR) is 133 cm³/mol. The van der Waals surface area contributed by atoms with Gasteiger partial charge in [0.05, 0.1) is 13.2 Å². The highest BCUT2D eigenvalue weighted by Crippen LogP contribution is 2.67. The normalized spacial score (nSPS) is 27.1. The van der Waals surface area contributed by atoms with Gasteiger partial charge < -0.3 is 29.6 Å². The number of H-pyrrole nitrogens is 1. The van der Waals surface area contributed by atoms with Crippen LogP contribution in [0.25, 0.3) is 0 Å². The van der Waals surface area contributed by atoms with Crippen molar-refractivity contribution in [2.24, 2.45) is 0 Å². The van der Waals surface area contributed by atoms with Crippen LogP contribution in [-0.2, 0) is 36.1 Å². The Bertz CT molecular complexity index is 1320. The maximum absolute atomic E-state index is 12.1. The summed E-state index contributed by atoms with van der Waals surface area (Å²) < 4.78 is 59.3. The number of hydrogen-bond acceptors (Lipinski definition) is 12. The fourth-order valence-corrected chi connectivity index (χ4v) is 6.60. The number of nitrogens with zero attached hydrogens (tertiary/aromatic N) is 1. The van der Waals surface area contributed by atoms with Crippen LogP contribution >= 0.6 is 23.5 Å². The van der Waals surface area contributed by atoms with Crippen LogP contribution in [0, 0.1) is 0 Å². The van der Waals surface area contributed by atoms with E-state index < -0.39 is 72.5 Å². The average Bonchev–Trinajstić information content (AvgIpc) is 3.08. The molecule has 7 atom stereocenters. The van der Waals surface area contributed by atoms with Crippen LogP contribution < -0.4 is 11.2 Å². The van der Waals surface area contributed by atoms with Crippen molar-refractivity contribution in [3.05, 3.63) is 56.4 Å². The lowest BCUT2D eigenvalue weighted by molar-refractivity contribution is -0.0542. The molecule has 1 aliphatic rings. The number of aromatic nitrogens is 2. The van der Waals surface area contributed by atoms with Crippen LogP contribution in [0.4, 0.5) is 0 Å². The zero-order valence-corrected chi connectivity index (χ0v) is 23.7. The molecule has 0 saturated carbocycles. The highest BCUT2D eigenvalue weighted by molar-refractivity contribution is 7.66. The van der Waals surface area contributed by atoms with Crippen LogP contribution in [-0.4, -0.2) is 66.0 Å². The molecule has 0 radical (unpaired) electrons. The largest absolute Gasteiger partial charge is 0.490 e. The number of ether oxygens (including phenoxy) is 1. The lowest BCUT2D eigenvalue weighted by Gasteiger charge is -2.20.